The van der Waals surface area contributed by atoms with Crippen LogP contribution in [0.1, 0.15) is 5.76 Å². The smallest absolute Gasteiger partial charge is 0.467 e. The summed E-state index contributed by atoms with van der Waals surface area (Å²) in [6.07, 6.45) is 1.45. The van der Waals surface area contributed by atoms with Crippen LogP contribution >= 0.6 is 7.82 Å². The van der Waals surface area contributed by atoms with Crippen LogP contribution < -0.4 is 5.73 Å². The highest BCUT2D eigenvalue weighted by Crippen LogP contribution is 2.43. The number of hydrogen-bond donors (Lipinski definition) is 2. The van der Waals surface area contributed by atoms with Crippen molar-refractivity contribution in [1.29, 1.82) is 0 Å². The maximum absolute atomic E-state index is 11.1. The molecule has 0 amide bonds. The highest BCUT2D eigenvalue weighted by atomic mass is 31.2. The van der Waals surface area contributed by atoms with Crippen molar-refractivity contribution in [2.45, 2.75) is 6.61 Å². The van der Waals surface area contributed by atoms with Crippen molar-refractivity contribution in [3.05, 3.63) is 24.2 Å². The van der Waals surface area contributed by atoms with Gasteiger partial charge in [0.1, 0.15) is 12.4 Å². The van der Waals surface area contributed by atoms with E-state index in [1.165, 1.54) is 6.26 Å². The number of nitrogens with two attached hydrogens (primary N) is 1. The first kappa shape index (κ1) is 11.4. The fourth-order valence-corrected chi connectivity index (χ4v) is 1.45. The van der Waals surface area contributed by atoms with E-state index < -0.39 is 7.82 Å². The van der Waals surface area contributed by atoms with Crippen molar-refractivity contribution in [3.8, 4) is 0 Å². The summed E-state index contributed by atoms with van der Waals surface area (Å²) in [7, 11) is -3.99. The van der Waals surface area contributed by atoms with E-state index in [9.17, 15) is 4.57 Å². The summed E-state index contributed by atoms with van der Waals surface area (Å²) >= 11 is 0. The van der Waals surface area contributed by atoms with Crippen molar-refractivity contribution in [3.63, 3.8) is 0 Å². The van der Waals surface area contributed by atoms with Crippen LogP contribution in [0, 0.1) is 0 Å². The van der Waals surface area contributed by atoms with Gasteiger partial charge in [-0.05, 0) is 12.1 Å². The first-order valence-corrected chi connectivity index (χ1v) is 5.48. The molecule has 1 unspecified atom stereocenters. The summed E-state index contributed by atoms with van der Waals surface area (Å²) in [4.78, 5) is 9.06. The van der Waals surface area contributed by atoms with Gasteiger partial charge in [-0.1, -0.05) is 0 Å². The predicted molar refractivity (Wildman–Crippen MR) is 48.3 cm³/mol. The van der Waals surface area contributed by atoms with Gasteiger partial charge >= 0.3 is 7.82 Å². The third-order valence-corrected chi connectivity index (χ3v) is 2.29. The number of hydrogen-bond acceptors (Lipinski definition) is 5. The molecule has 1 rings (SSSR count). The molecule has 1 aromatic rings. The standard InChI is InChI=1S/C7H12NO5P/c8-3-5-12-14(9,10)13-6-7-2-1-4-11-7/h1-2,4H,3,5-6,8H2,(H,9,10). The van der Waals surface area contributed by atoms with Gasteiger partial charge in [0.25, 0.3) is 0 Å². The molecule has 0 fully saturated rings. The minimum atomic E-state index is -3.99. The average molecular weight is 221 g/mol. The number of furan rings is 1. The Morgan fingerprint density at radius 1 is 1.57 bits per heavy atom. The zero-order chi connectivity index (χ0) is 10.4. The maximum atomic E-state index is 11.1. The second kappa shape index (κ2) is 5.29. The molecule has 0 aliphatic rings. The molecule has 14 heavy (non-hydrogen) atoms. The van der Waals surface area contributed by atoms with Gasteiger partial charge in [0.05, 0.1) is 12.9 Å². The van der Waals surface area contributed by atoms with Gasteiger partial charge in [0.2, 0.25) is 0 Å². The van der Waals surface area contributed by atoms with Crippen LogP contribution in [-0.2, 0) is 20.2 Å². The Kier molecular flexibility index (Phi) is 4.31. The Labute approximate surface area is 81.2 Å². The minimum absolute atomic E-state index is 0.0219. The van der Waals surface area contributed by atoms with E-state index in [4.69, 9.17) is 15.0 Å². The number of rotatable bonds is 6. The molecule has 0 aromatic carbocycles. The number of phosphoric ester groups is 1. The molecular formula is C7H12NO5P. The second-order valence-electron chi connectivity index (χ2n) is 2.44. The Hall–Kier alpha value is -0.650. The van der Waals surface area contributed by atoms with Crippen LogP contribution in [0.4, 0.5) is 0 Å². The Balaban J connectivity index is 2.32. The Morgan fingerprint density at radius 3 is 2.93 bits per heavy atom. The molecule has 80 valence electrons. The van der Waals surface area contributed by atoms with E-state index >= 15 is 0 Å². The van der Waals surface area contributed by atoms with E-state index in [2.05, 4.69) is 9.05 Å². The van der Waals surface area contributed by atoms with Crippen molar-refractivity contribution >= 4 is 7.82 Å². The third-order valence-electron chi connectivity index (χ3n) is 1.32. The largest absolute Gasteiger partial charge is 0.472 e. The number of phosphoric acid groups is 1. The summed E-state index contributed by atoms with van der Waals surface area (Å²) in [6.45, 7) is 0.0337. The molecule has 1 aromatic heterocycles. The molecule has 0 spiro atoms. The van der Waals surface area contributed by atoms with Crippen molar-refractivity contribution in [2.24, 2.45) is 5.73 Å². The summed E-state index contributed by atoms with van der Waals surface area (Å²) < 4.78 is 25.1. The molecule has 1 heterocycles. The average Bonchev–Trinajstić information content (AvgIpc) is 2.64. The lowest BCUT2D eigenvalue weighted by atomic mass is 10.5. The SMILES string of the molecule is NCCOP(=O)(O)OCc1ccco1. The first-order valence-electron chi connectivity index (χ1n) is 3.98. The summed E-state index contributed by atoms with van der Waals surface area (Å²) in [6, 6.07) is 3.28. The topological polar surface area (TPSA) is 94.9 Å². The van der Waals surface area contributed by atoms with Gasteiger partial charge in [-0.2, -0.15) is 0 Å². The zero-order valence-electron chi connectivity index (χ0n) is 7.46. The molecule has 0 saturated heterocycles. The molecule has 6 nitrogen and oxygen atoms in total. The second-order valence-corrected chi connectivity index (χ2v) is 3.90. The van der Waals surface area contributed by atoms with Crippen LogP contribution in [0.25, 0.3) is 0 Å². The van der Waals surface area contributed by atoms with Gasteiger partial charge in [-0.25, -0.2) is 4.57 Å². The van der Waals surface area contributed by atoms with Crippen LogP contribution in [-0.4, -0.2) is 18.0 Å². The molecule has 0 bridgehead atoms. The lowest BCUT2D eigenvalue weighted by molar-refractivity contribution is 0.138. The quantitative estimate of drug-likeness (QED) is 0.692. The Morgan fingerprint density at radius 2 is 2.36 bits per heavy atom. The lowest BCUT2D eigenvalue weighted by Crippen LogP contribution is -2.07. The molecular weight excluding hydrogens is 209 g/mol. The van der Waals surface area contributed by atoms with Crippen LogP contribution in [0.5, 0.6) is 0 Å². The van der Waals surface area contributed by atoms with E-state index in [1.807, 2.05) is 0 Å². The van der Waals surface area contributed by atoms with Crippen molar-refractivity contribution in [2.75, 3.05) is 13.2 Å². The molecule has 0 radical (unpaired) electrons. The lowest BCUT2D eigenvalue weighted by Gasteiger charge is -2.09. The van der Waals surface area contributed by atoms with Gasteiger partial charge in [0, 0.05) is 6.54 Å². The first-order chi connectivity index (χ1) is 6.64. The third kappa shape index (κ3) is 4.04. The minimum Gasteiger partial charge on any atom is -0.467 e. The zero-order valence-corrected chi connectivity index (χ0v) is 8.35. The maximum Gasteiger partial charge on any atom is 0.472 e. The van der Waals surface area contributed by atoms with E-state index in [0.29, 0.717) is 5.76 Å². The molecule has 7 heteroatoms. The van der Waals surface area contributed by atoms with Crippen molar-refractivity contribution in [1.82, 2.24) is 0 Å². The van der Waals surface area contributed by atoms with Crippen LogP contribution in [0.2, 0.25) is 0 Å². The van der Waals surface area contributed by atoms with Crippen LogP contribution in [0.15, 0.2) is 22.8 Å². The van der Waals surface area contributed by atoms with E-state index in [0.717, 1.165) is 0 Å². The Bertz CT molecular complexity index is 299. The fraction of sp³-hybridized carbons (Fsp3) is 0.429. The van der Waals surface area contributed by atoms with Crippen LogP contribution in [0.3, 0.4) is 0 Å². The molecule has 0 aliphatic heterocycles. The normalized spacial score (nSPS) is 15.3. The molecule has 0 aliphatic carbocycles. The molecule has 3 N–H and O–H groups in total. The predicted octanol–water partition coefficient (Wildman–Crippen LogP) is 0.872. The summed E-state index contributed by atoms with van der Waals surface area (Å²) in [5, 5.41) is 0. The van der Waals surface area contributed by atoms with Crippen molar-refractivity contribution < 1.29 is 22.9 Å². The molecule has 1 atom stereocenters. The summed E-state index contributed by atoms with van der Waals surface area (Å²) in [5.41, 5.74) is 5.10. The van der Waals surface area contributed by atoms with Gasteiger partial charge in [-0.15, -0.1) is 0 Å². The van der Waals surface area contributed by atoms with E-state index in [1.54, 1.807) is 12.1 Å². The fourth-order valence-electron chi connectivity index (χ4n) is 0.745. The molecule has 0 saturated carbocycles. The monoisotopic (exact) mass is 221 g/mol. The summed E-state index contributed by atoms with van der Waals surface area (Å²) in [5.74, 6) is 0.454. The highest BCUT2D eigenvalue weighted by molar-refractivity contribution is 7.47. The van der Waals surface area contributed by atoms with Gasteiger partial charge in [-0.3, -0.25) is 9.05 Å². The highest BCUT2D eigenvalue weighted by Gasteiger charge is 2.20. The van der Waals surface area contributed by atoms with Gasteiger partial charge < -0.3 is 15.0 Å². The van der Waals surface area contributed by atoms with Gasteiger partial charge in [0.15, 0.2) is 0 Å². The van der Waals surface area contributed by atoms with E-state index in [-0.39, 0.29) is 19.8 Å².